The van der Waals surface area contributed by atoms with Crippen molar-refractivity contribution in [1.29, 1.82) is 0 Å². The van der Waals surface area contributed by atoms with Crippen molar-refractivity contribution in [3.63, 3.8) is 0 Å². The number of hydrogen-bond acceptors (Lipinski definition) is 4. The highest BCUT2D eigenvalue weighted by Gasteiger charge is 2.35. The van der Waals surface area contributed by atoms with Crippen LogP contribution in [0, 0.1) is 0 Å². The van der Waals surface area contributed by atoms with E-state index in [0.717, 1.165) is 10.9 Å². The van der Waals surface area contributed by atoms with Gasteiger partial charge in [0.1, 0.15) is 5.82 Å². The van der Waals surface area contributed by atoms with Crippen molar-refractivity contribution < 1.29 is 13.2 Å². The third-order valence-corrected chi connectivity index (χ3v) is 4.13. The van der Waals surface area contributed by atoms with Crippen molar-refractivity contribution in [2.75, 3.05) is 11.9 Å². The Bertz CT molecular complexity index is 598. The lowest BCUT2D eigenvalue weighted by atomic mass is 10.2. The third kappa shape index (κ3) is 3.49. The summed E-state index contributed by atoms with van der Waals surface area (Å²) < 4.78 is 39.3. The number of thiophene rings is 1. The number of nitrogens with zero attached hydrogens (tertiary/aromatic N) is 2. The van der Waals surface area contributed by atoms with Crippen LogP contribution in [0.4, 0.5) is 19.0 Å². The molecular formula is C12H11BrF3N3S. The molecular weight excluding hydrogens is 355 g/mol. The maximum atomic E-state index is 12.9. The van der Waals surface area contributed by atoms with Crippen molar-refractivity contribution in [2.24, 2.45) is 0 Å². The smallest absolute Gasteiger partial charge is 0.370 e. The normalized spacial score (nSPS) is 11.7. The number of alkyl halides is 3. The number of anilines is 1. The largest absolute Gasteiger partial charge is 0.451 e. The van der Waals surface area contributed by atoms with Gasteiger partial charge >= 0.3 is 6.18 Å². The van der Waals surface area contributed by atoms with Crippen LogP contribution in [0.2, 0.25) is 0 Å². The van der Waals surface area contributed by atoms with Crippen molar-refractivity contribution in [3.05, 3.63) is 27.1 Å². The first-order valence-electron chi connectivity index (χ1n) is 5.84. The molecule has 0 saturated heterocycles. The van der Waals surface area contributed by atoms with Gasteiger partial charge in [0, 0.05) is 33.4 Å². The Morgan fingerprint density at radius 3 is 2.60 bits per heavy atom. The molecule has 2 aromatic heterocycles. The van der Waals surface area contributed by atoms with E-state index in [4.69, 9.17) is 0 Å². The fourth-order valence-electron chi connectivity index (χ4n) is 1.52. The molecule has 0 unspecified atom stereocenters. The van der Waals surface area contributed by atoms with Gasteiger partial charge in [0.15, 0.2) is 0 Å². The summed E-state index contributed by atoms with van der Waals surface area (Å²) in [5.41, 5.74) is 0.876. The molecule has 0 amide bonds. The molecule has 0 spiro atoms. The fourth-order valence-corrected chi connectivity index (χ4v) is 3.01. The van der Waals surface area contributed by atoms with E-state index in [1.54, 1.807) is 10.8 Å². The first-order chi connectivity index (χ1) is 9.41. The average molecular weight is 366 g/mol. The highest BCUT2D eigenvalue weighted by molar-refractivity contribution is 9.10. The predicted molar refractivity (Wildman–Crippen MR) is 76.8 cm³/mol. The van der Waals surface area contributed by atoms with Crippen LogP contribution in [-0.2, 0) is 6.18 Å². The monoisotopic (exact) mass is 365 g/mol. The lowest BCUT2D eigenvalue weighted by Crippen LogP contribution is -2.14. The van der Waals surface area contributed by atoms with Gasteiger partial charge < -0.3 is 5.32 Å². The van der Waals surface area contributed by atoms with Crippen molar-refractivity contribution in [1.82, 2.24) is 9.97 Å². The summed E-state index contributed by atoms with van der Waals surface area (Å²) in [4.78, 5) is 7.14. The number of nitrogens with one attached hydrogen (secondary N) is 1. The molecule has 2 rings (SSSR count). The van der Waals surface area contributed by atoms with Crippen LogP contribution in [0.1, 0.15) is 19.2 Å². The summed E-state index contributed by atoms with van der Waals surface area (Å²) in [6.07, 6.45) is -3.77. The molecule has 2 aromatic rings. The van der Waals surface area contributed by atoms with E-state index in [2.05, 4.69) is 31.2 Å². The van der Waals surface area contributed by atoms with Gasteiger partial charge in [0.2, 0.25) is 5.82 Å². The van der Waals surface area contributed by atoms with Crippen molar-refractivity contribution >= 4 is 33.1 Å². The minimum atomic E-state index is -4.57. The molecule has 0 atom stereocenters. The number of halogens is 4. The highest BCUT2D eigenvalue weighted by Crippen LogP contribution is 2.34. The Kier molecular flexibility index (Phi) is 4.64. The lowest BCUT2D eigenvalue weighted by Gasteiger charge is -2.11. The highest BCUT2D eigenvalue weighted by atomic mass is 79.9. The van der Waals surface area contributed by atoms with E-state index in [0.29, 0.717) is 12.1 Å². The van der Waals surface area contributed by atoms with Crippen LogP contribution in [0.25, 0.3) is 11.3 Å². The van der Waals surface area contributed by atoms with E-state index in [1.807, 2.05) is 6.92 Å². The van der Waals surface area contributed by atoms with Crippen LogP contribution in [0.5, 0.6) is 0 Å². The Hall–Kier alpha value is -1.15. The molecule has 0 fully saturated rings. The molecule has 0 aliphatic rings. The average Bonchev–Trinajstić information content (AvgIpc) is 2.81. The predicted octanol–water partition coefficient (Wildman–Crippen LogP) is 4.81. The van der Waals surface area contributed by atoms with Gasteiger partial charge in [0.05, 0.1) is 5.69 Å². The van der Waals surface area contributed by atoms with Crippen LogP contribution in [0.15, 0.2) is 21.3 Å². The van der Waals surface area contributed by atoms with E-state index >= 15 is 0 Å². The molecule has 0 aromatic carbocycles. The third-order valence-electron chi connectivity index (χ3n) is 2.43. The number of rotatable bonds is 4. The molecule has 20 heavy (non-hydrogen) atoms. The molecule has 1 N–H and O–H groups in total. The minimum Gasteiger partial charge on any atom is -0.370 e. The molecule has 0 aliphatic carbocycles. The SMILES string of the molecule is CCCNc1cc(-c2cscc2Br)nc(C(F)(F)F)n1. The molecule has 0 aliphatic heterocycles. The maximum absolute atomic E-state index is 12.9. The second-order valence-electron chi connectivity index (χ2n) is 4.02. The van der Waals surface area contributed by atoms with Gasteiger partial charge in [-0.15, -0.1) is 0 Å². The molecule has 8 heteroatoms. The van der Waals surface area contributed by atoms with E-state index in [-0.39, 0.29) is 11.5 Å². The van der Waals surface area contributed by atoms with Crippen molar-refractivity contribution in [2.45, 2.75) is 19.5 Å². The van der Waals surface area contributed by atoms with Gasteiger partial charge in [-0.05, 0) is 22.4 Å². The number of hydrogen-bond donors (Lipinski definition) is 1. The summed E-state index contributed by atoms with van der Waals surface area (Å²) in [6.45, 7) is 2.48. The van der Waals surface area contributed by atoms with Crippen LogP contribution in [-0.4, -0.2) is 16.5 Å². The summed E-state index contributed by atoms with van der Waals surface area (Å²) >= 11 is 4.69. The van der Waals surface area contributed by atoms with Crippen LogP contribution < -0.4 is 5.32 Å². The Balaban J connectivity index is 2.48. The van der Waals surface area contributed by atoms with Gasteiger partial charge in [-0.25, -0.2) is 9.97 Å². The van der Waals surface area contributed by atoms with Gasteiger partial charge in [0.25, 0.3) is 0 Å². The zero-order valence-electron chi connectivity index (χ0n) is 10.5. The van der Waals surface area contributed by atoms with Gasteiger partial charge in [-0.3, -0.25) is 0 Å². The second kappa shape index (κ2) is 6.09. The molecule has 3 nitrogen and oxygen atoms in total. The van der Waals surface area contributed by atoms with E-state index in [9.17, 15) is 13.2 Å². The summed E-state index contributed by atoms with van der Waals surface area (Å²) in [7, 11) is 0. The molecule has 2 heterocycles. The zero-order chi connectivity index (χ0) is 14.8. The fraction of sp³-hybridized carbons (Fsp3) is 0.333. The minimum absolute atomic E-state index is 0.183. The second-order valence-corrected chi connectivity index (χ2v) is 5.62. The first-order valence-corrected chi connectivity index (χ1v) is 7.57. The van der Waals surface area contributed by atoms with E-state index in [1.165, 1.54) is 17.4 Å². The zero-order valence-corrected chi connectivity index (χ0v) is 12.9. The Labute approximate surface area is 126 Å². The maximum Gasteiger partial charge on any atom is 0.451 e. The summed E-state index contributed by atoms with van der Waals surface area (Å²) in [5, 5.41) is 6.41. The number of aromatic nitrogens is 2. The quantitative estimate of drug-likeness (QED) is 0.844. The summed E-state index contributed by atoms with van der Waals surface area (Å²) in [5.74, 6) is -0.950. The Morgan fingerprint density at radius 1 is 1.30 bits per heavy atom. The van der Waals surface area contributed by atoms with Gasteiger partial charge in [-0.1, -0.05) is 6.92 Å². The summed E-state index contributed by atoms with van der Waals surface area (Å²) in [6, 6.07) is 1.53. The van der Waals surface area contributed by atoms with Crippen LogP contribution in [0.3, 0.4) is 0 Å². The van der Waals surface area contributed by atoms with E-state index < -0.39 is 12.0 Å². The Morgan fingerprint density at radius 2 is 2.05 bits per heavy atom. The van der Waals surface area contributed by atoms with Gasteiger partial charge in [-0.2, -0.15) is 24.5 Å². The van der Waals surface area contributed by atoms with Crippen molar-refractivity contribution in [3.8, 4) is 11.3 Å². The molecule has 0 saturated carbocycles. The lowest BCUT2D eigenvalue weighted by molar-refractivity contribution is -0.144. The molecule has 108 valence electrons. The topological polar surface area (TPSA) is 37.8 Å². The molecule has 0 bridgehead atoms. The first kappa shape index (κ1) is 15.2. The standard InChI is InChI=1S/C12H11BrF3N3S/c1-2-3-17-10-4-9(7-5-20-6-8(7)13)18-11(19-10)12(14,15)16/h4-6H,2-3H2,1H3,(H,17,18,19). The van der Waals surface area contributed by atoms with Crippen LogP contribution >= 0.6 is 27.3 Å². The molecule has 0 radical (unpaired) electrons.